The van der Waals surface area contributed by atoms with Gasteiger partial charge in [0, 0.05) is 25.0 Å². The average molecular weight is 294 g/mol. The minimum absolute atomic E-state index is 0.439. The molecule has 0 aromatic carbocycles. The van der Waals surface area contributed by atoms with Gasteiger partial charge in [0.05, 0.1) is 22.9 Å². The lowest BCUT2D eigenvalue weighted by Crippen LogP contribution is -2.48. The van der Waals surface area contributed by atoms with Crippen LogP contribution in [0.2, 0.25) is 0 Å². The molecular weight excluding hydrogens is 268 g/mol. The quantitative estimate of drug-likeness (QED) is 0.801. The molecule has 3 nitrogen and oxygen atoms in total. The maximum Gasteiger partial charge on any atom is 0.0897 e. The van der Waals surface area contributed by atoms with E-state index in [-0.39, 0.29) is 0 Å². The number of aryl methyl sites for hydroxylation is 1. The molecule has 2 fully saturated rings. The van der Waals surface area contributed by atoms with Crippen LogP contribution in [-0.2, 0) is 11.3 Å². The van der Waals surface area contributed by atoms with Crippen LogP contribution in [0.3, 0.4) is 0 Å². The Balaban J connectivity index is 1.59. The number of unbranched alkanes of at least 4 members (excludes halogenated alkanes) is 1. The van der Waals surface area contributed by atoms with Crippen LogP contribution in [0.1, 0.15) is 49.7 Å². The van der Waals surface area contributed by atoms with Crippen LogP contribution in [0.4, 0.5) is 0 Å². The van der Waals surface area contributed by atoms with E-state index in [4.69, 9.17) is 4.74 Å². The van der Waals surface area contributed by atoms with Gasteiger partial charge in [0.2, 0.25) is 0 Å². The Bertz CT molecular complexity index is 430. The Morgan fingerprint density at radius 2 is 2.25 bits per heavy atom. The molecule has 0 bridgehead atoms. The molecule has 1 aromatic heterocycles. The third-order valence-electron chi connectivity index (χ3n) is 4.35. The third-order valence-corrected chi connectivity index (χ3v) is 5.17. The van der Waals surface area contributed by atoms with E-state index >= 15 is 0 Å². The van der Waals surface area contributed by atoms with Crippen molar-refractivity contribution in [1.82, 2.24) is 9.88 Å². The van der Waals surface area contributed by atoms with Crippen LogP contribution in [0, 0.1) is 12.8 Å². The standard InChI is InChI=1S/C16H26N2OS/c1-3-4-5-15-9-18(8-14-11-20-12(2)17-14)10-16(19-15)13-6-7-13/h11,13,15-16H,3-10H2,1-2H3/t15-,16-/m1/s1. The Kier molecular flexibility index (Phi) is 4.74. The van der Waals surface area contributed by atoms with E-state index in [0.29, 0.717) is 12.2 Å². The minimum Gasteiger partial charge on any atom is -0.372 e. The Morgan fingerprint density at radius 3 is 2.90 bits per heavy atom. The molecule has 0 radical (unpaired) electrons. The van der Waals surface area contributed by atoms with E-state index in [2.05, 4.69) is 29.1 Å². The van der Waals surface area contributed by atoms with Gasteiger partial charge < -0.3 is 4.74 Å². The number of nitrogens with zero attached hydrogens (tertiary/aromatic N) is 2. The van der Waals surface area contributed by atoms with Gasteiger partial charge in [-0.15, -0.1) is 11.3 Å². The molecule has 20 heavy (non-hydrogen) atoms. The first-order valence-corrected chi connectivity index (χ1v) is 8.91. The van der Waals surface area contributed by atoms with Gasteiger partial charge in [0.25, 0.3) is 0 Å². The Morgan fingerprint density at radius 1 is 1.40 bits per heavy atom. The number of rotatable bonds is 6. The zero-order valence-corrected chi connectivity index (χ0v) is 13.5. The predicted octanol–water partition coefficient (Wildman–Crippen LogP) is 3.62. The fraction of sp³-hybridized carbons (Fsp3) is 0.812. The van der Waals surface area contributed by atoms with Crippen molar-refractivity contribution in [2.24, 2.45) is 5.92 Å². The van der Waals surface area contributed by atoms with Crippen molar-refractivity contribution in [3.8, 4) is 0 Å². The second kappa shape index (κ2) is 6.54. The molecule has 0 spiro atoms. The van der Waals surface area contributed by atoms with Crippen LogP contribution in [0.15, 0.2) is 5.38 Å². The molecule has 112 valence electrons. The normalized spacial score (nSPS) is 27.9. The van der Waals surface area contributed by atoms with E-state index in [1.54, 1.807) is 11.3 Å². The highest BCUT2D eigenvalue weighted by molar-refractivity contribution is 7.09. The predicted molar refractivity (Wildman–Crippen MR) is 83.0 cm³/mol. The molecule has 1 aliphatic heterocycles. The highest BCUT2D eigenvalue weighted by Gasteiger charge is 2.38. The summed E-state index contributed by atoms with van der Waals surface area (Å²) in [5.74, 6) is 0.832. The first-order chi connectivity index (χ1) is 9.74. The fourth-order valence-electron chi connectivity index (χ4n) is 3.11. The number of aromatic nitrogens is 1. The summed E-state index contributed by atoms with van der Waals surface area (Å²) in [7, 11) is 0. The summed E-state index contributed by atoms with van der Waals surface area (Å²) in [5.41, 5.74) is 1.23. The monoisotopic (exact) mass is 294 g/mol. The third kappa shape index (κ3) is 3.80. The summed E-state index contributed by atoms with van der Waals surface area (Å²) < 4.78 is 6.33. The second-order valence-electron chi connectivity index (χ2n) is 6.33. The van der Waals surface area contributed by atoms with Crippen molar-refractivity contribution in [3.05, 3.63) is 16.1 Å². The van der Waals surface area contributed by atoms with Crippen LogP contribution in [-0.4, -0.2) is 35.2 Å². The number of hydrogen-bond acceptors (Lipinski definition) is 4. The summed E-state index contributed by atoms with van der Waals surface area (Å²) in [6.07, 6.45) is 7.42. The van der Waals surface area contributed by atoms with Crippen molar-refractivity contribution in [3.63, 3.8) is 0 Å². The number of hydrogen-bond donors (Lipinski definition) is 0. The highest BCUT2D eigenvalue weighted by atomic mass is 32.1. The molecular formula is C16H26N2OS. The van der Waals surface area contributed by atoms with Gasteiger partial charge in [0.15, 0.2) is 0 Å². The van der Waals surface area contributed by atoms with E-state index in [1.165, 1.54) is 42.8 Å². The van der Waals surface area contributed by atoms with E-state index in [9.17, 15) is 0 Å². The molecule has 2 atom stereocenters. The van der Waals surface area contributed by atoms with Gasteiger partial charge in [-0.3, -0.25) is 4.90 Å². The first kappa shape index (κ1) is 14.5. The zero-order valence-electron chi connectivity index (χ0n) is 12.7. The lowest BCUT2D eigenvalue weighted by atomic mass is 10.1. The van der Waals surface area contributed by atoms with Gasteiger partial charge in [-0.1, -0.05) is 19.8 Å². The minimum atomic E-state index is 0.439. The molecule has 2 aliphatic rings. The van der Waals surface area contributed by atoms with Gasteiger partial charge in [0.1, 0.15) is 0 Å². The van der Waals surface area contributed by atoms with E-state index in [0.717, 1.165) is 25.6 Å². The van der Waals surface area contributed by atoms with Crippen LogP contribution in [0.25, 0.3) is 0 Å². The SMILES string of the molecule is CCCC[C@@H]1CN(Cc2csc(C)n2)C[C@H](C2CC2)O1. The van der Waals surface area contributed by atoms with Gasteiger partial charge >= 0.3 is 0 Å². The summed E-state index contributed by atoms with van der Waals surface area (Å²) >= 11 is 1.76. The van der Waals surface area contributed by atoms with Crippen molar-refractivity contribution in [1.29, 1.82) is 0 Å². The van der Waals surface area contributed by atoms with Crippen molar-refractivity contribution >= 4 is 11.3 Å². The molecule has 1 aliphatic carbocycles. The van der Waals surface area contributed by atoms with E-state index in [1.807, 2.05) is 0 Å². The van der Waals surface area contributed by atoms with Crippen LogP contribution < -0.4 is 0 Å². The number of ether oxygens (including phenoxy) is 1. The Labute approximate surface area is 126 Å². The smallest absolute Gasteiger partial charge is 0.0897 e. The van der Waals surface area contributed by atoms with Crippen molar-refractivity contribution in [2.75, 3.05) is 13.1 Å². The largest absolute Gasteiger partial charge is 0.372 e. The number of thiazole rings is 1. The topological polar surface area (TPSA) is 25.4 Å². The van der Waals surface area contributed by atoms with Gasteiger partial charge in [-0.05, 0) is 32.1 Å². The molecule has 2 heterocycles. The molecule has 0 amide bonds. The average Bonchev–Trinajstić information content (AvgIpc) is 3.21. The highest BCUT2D eigenvalue weighted by Crippen LogP contribution is 2.37. The zero-order chi connectivity index (χ0) is 13.9. The van der Waals surface area contributed by atoms with E-state index < -0.39 is 0 Å². The molecule has 0 N–H and O–H groups in total. The molecule has 1 saturated carbocycles. The maximum atomic E-state index is 6.33. The van der Waals surface area contributed by atoms with Gasteiger partial charge in [-0.2, -0.15) is 0 Å². The molecule has 1 saturated heterocycles. The van der Waals surface area contributed by atoms with Crippen molar-refractivity contribution in [2.45, 2.75) is 64.7 Å². The van der Waals surface area contributed by atoms with Gasteiger partial charge in [-0.25, -0.2) is 4.98 Å². The van der Waals surface area contributed by atoms with Crippen LogP contribution >= 0.6 is 11.3 Å². The second-order valence-corrected chi connectivity index (χ2v) is 7.39. The maximum absolute atomic E-state index is 6.33. The molecule has 3 rings (SSSR count). The lowest BCUT2D eigenvalue weighted by Gasteiger charge is -2.38. The molecule has 4 heteroatoms. The molecule has 0 unspecified atom stereocenters. The molecule has 1 aromatic rings. The first-order valence-electron chi connectivity index (χ1n) is 8.03. The number of morpholine rings is 1. The van der Waals surface area contributed by atoms with Crippen LogP contribution in [0.5, 0.6) is 0 Å². The summed E-state index contributed by atoms with van der Waals surface area (Å²) in [5, 5.41) is 3.38. The summed E-state index contributed by atoms with van der Waals surface area (Å²) in [4.78, 5) is 7.18. The van der Waals surface area contributed by atoms with Crippen molar-refractivity contribution < 1.29 is 4.74 Å². The Hall–Kier alpha value is -0.450. The lowest BCUT2D eigenvalue weighted by molar-refractivity contribution is -0.0995. The summed E-state index contributed by atoms with van der Waals surface area (Å²) in [6.45, 7) is 7.53. The fourth-order valence-corrected chi connectivity index (χ4v) is 3.71. The summed E-state index contributed by atoms with van der Waals surface area (Å²) in [6, 6.07) is 0.